The van der Waals surface area contributed by atoms with Gasteiger partial charge in [0.25, 0.3) is 0 Å². The Morgan fingerprint density at radius 3 is 2.79 bits per heavy atom. The van der Waals surface area contributed by atoms with Gasteiger partial charge in [-0.15, -0.1) is 0 Å². The van der Waals surface area contributed by atoms with Gasteiger partial charge in [-0.2, -0.15) is 0 Å². The average Bonchev–Trinajstić information content (AvgIpc) is 2.70. The number of aliphatic imine (C=N–C) groups is 2. The van der Waals surface area contributed by atoms with E-state index in [0.29, 0.717) is 17.4 Å². The van der Waals surface area contributed by atoms with E-state index in [4.69, 9.17) is 11.6 Å². The molecule has 0 aliphatic carbocycles. The fraction of sp³-hybridized carbons (Fsp3) is 0.500. The molecule has 5 heteroatoms. The number of halogens is 2. The molecule has 1 N–H and O–H groups in total. The molecule has 1 aromatic carbocycles. The summed E-state index contributed by atoms with van der Waals surface area (Å²) in [4.78, 5) is 8.78. The lowest BCUT2D eigenvalue weighted by Crippen LogP contribution is -2.08. The van der Waals surface area contributed by atoms with Crippen molar-refractivity contribution in [1.29, 1.82) is 0 Å². The zero-order chi connectivity index (χ0) is 20.9. The van der Waals surface area contributed by atoms with Crippen LogP contribution in [0.1, 0.15) is 56.6 Å². The lowest BCUT2D eigenvalue weighted by Gasteiger charge is -2.15. The molecule has 0 saturated heterocycles. The van der Waals surface area contributed by atoms with Gasteiger partial charge in [-0.1, -0.05) is 55.7 Å². The third-order valence-electron chi connectivity index (χ3n) is 5.32. The molecule has 3 nitrogen and oxygen atoms in total. The van der Waals surface area contributed by atoms with E-state index in [2.05, 4.69) is 34.9 Å². The maximum atomic E-state index is 14.3. The van der Waals surface area contributed by atoms with Crippen LogP contribution in [0.3, 0.4) is 0 Å². The Bertz CT molecular complexity index is 740. The number of benzene rings is 1. The molecular formula is C24H33ClFN3. The summed E-state index contributed by atoms with van der Waals surface area (Å²) in [6, 6.07) is 5.68. The van der Waals surface area contributed by atoms with Gasteiger partial charge in [0.15, 0.2) is 0 Å². The van der Waals surface area contributed by atoms with Gasteiger partial charge in [0, 0.05) is 25.5 Å². The number of rotatable bonds is 8. The smallest absolute Gasteiger partial charge is 0.126 e. The Morgan fingerprint density at radius 2 is 2.03 bits per heavy atom. The van der Waals surface area contributed by atoms with Gasteiger partial charge in [0.2, 0.25) is 0 Å². The molecule has 158 valence electrons. The molecule has 0 fully saturated rings. The topological polar surface area (TPSA) is 36.8 Å². The largest absolute Gasteiger partial charge is 0.352 e. The summed E-state index contributed by atoms with van der Waals surface area (Å²) in [7, 11) is 0. The van der Waals surface area contributed by atoms with E-state index in [1.807, 2.05) is 6.07 Å². The van der Waals surface area contributed by atoms with Crippen molar-refractivity contribution >= 4 is 24.2 Å². The highest BCUT2D eigenvalue weighted by atomic mass is 35.5. The Hall–Kier alpha value is -1.94. The third kappa shape index (κ3) is 9.40. The summed E-state index contributed by atoms with van der Waals surface area (Å²) in [5.74, 6) is 0.499. The normalized spacial score (nSPS) is 19.6. The van der Waals surface area contributed by atoms with Gasteiger partial charge < -0.3 is 5.32 Å². The molecule has 1 heterocycles. The fourth-order valence-corrected chi connectivity index (χ4v) is 3.55. The van der Waals surface area contributed by atoms with Crippen molar-refractivity contribution in [2.45, 2.75) is 58.3 Å². The first-order chi connectivity index (χ1) is 14.1. The SMILES string of the molecule is C=C(CC)Cc1ccc(CCCCC2CCN=CN/C=C(/Cl)C=NCC2)cc1F. The maximum absolute atomic E-state index is 14.3. The molecule has 0 radical (unpaired) electrons. The summed E-state index contributed by atoms with van der Waals surface area (Å²) >= 11 is 6.02. The van der Waals surface area contributed by atoms with Crippen molar-refractivity contribution in [2.75, 3.05) is 13.1 Å². The highest BCUT2D eigenvalue weighted by Crippen LogP contribution is 2.20. The van der Waals surface area contributed by atoms with Gasteiger partial charge in [0.05, 0.1) is 11.4 Å². The van der Waals surface area contributed by atoms with Crippen molar-refractivity contribution in [2.24, 2.45) is 15.9 Å². The van der Waals surface area contributed by atoms with Crippen LogP contribution in [0, 0.1) is 11.7 Å². The lowest BCUT2D eigenvalue weighted by molar-refractivity contribution is 0.414. The van der Waals surface area contributed by atoms with E-state index in [9.17, 15) is 4.39 Å². The zero-order valence-electron chi connectivity index (χ0n) is 17.5. The van der Waals surface area contributed by atoms with Crippen LogP contribution in [-0.4, -0.2) is 25.6 Å². The second-order valence-corrected chi connectivity index (χ2v) is 8.10. The third-order valence-corrected chi connectivity index (χ3v) is 5.53. The summed E-state index contributed by atoms with van der Waals surface area (Å²) < 4.78 is 14.3. The Balaban J connectivity index is 1.77. The van der Waals surface area contributed by atoms with E-state index in [1.165, 1.54) is 0 Å². The molecule has 1 aromatic rings. The highest BCUT2D eigenvalue weighted by Gasteiger charge is 2.09. The van der Waals surface area contributed by atoms with Gasteiger partial charge in [-0.05, 0) is 61.6 Å². The van der Waals surface area contributed by atoms with Gasteiger partial charge in [-0.25, -0.2) is 4.39 Å². The van der Waals surface area contributed by atoms with Crippen LogP contribution < -0.4 is 5.32 Å². The molecule has 1 aliphatic heterocycles. The van der Waals surface area contributed by atoms with Crippen LogP contribution in [0.2, 0.25) is 0 Å². The fourth-order valence-electron chi connectivity index (χ4n) is 3.42. The van der Waals surface area contributed by atoms with E-state index in [-0.39, 0.29) is 5.82 Å². The summed E-state index contributed by atoms with van der Waals surface area (Å²) in [5.41, 5.74) is 2.89. The number of nitrogens with one attached hydrogen (secondary N) is 1. The number of unbranched alkanes of at least 4 members (excludes halogenated alkanes) is 1. The molecule has 2 rings (SSSR count). The number of hydrogen-bond donors (Lipinski definition) is 1. The second kappa shape index (κ2) is 13.3. The van der Waals surface area contributed by atoms with Crippen molar-refractivity contribution in [1.82, 2.24) is 5.32 Å². The first-order valence-corrected chi connectivity index (χ1v) is 11.0. The first-order valence-electron chi connectivity index (χ1n) is 10.6. The predicted molar refractivity (Wildman–Crippen MR) is 124 cm³/mol. The van der Waals surface area contributed by atoms with Crippen LogP contribution in [0.25, 0.3) is 0 Å². The molecule has 0 saturated carbocycles. The van der Waals surface area contributed by atoms with E-state index < -0.39 is 0 Å². The van der Waals surface area contributed by atoms with Crippen molar-refractivity contribution in [3.8, 4) is 0 Å². The minimum Gasteiger partial charge on any atom is -0.352 e. The lowest BCUT2D eigenvalue weighted by atomic mass is 9.93. The van der Waals surface area contributed by atoms with Gasteiger partial charge in [0.1, 0.15) is 5.82 Å². The Morgan fingerprint density at radius 1 is 1.24 bits per heavy atom. The van der Waals surface area contributed by atoms with Crippen LogP contribution in [0.15, 0.2) is 51.6 Å². The van der Waals surface area contributed by atoms with Crippen LogP contribution >= 0.6 is 11.6 Å². The molecular weight excluding hydrogens is 385 g/mol. The monoisotopic (exact) mass is 417 g/mol. The Kier molecular flexibility index (Phi) is 10.7. The van der Waals surface area contributed by atoms with E-state index in [0.717, 1.165) is 74.7 Å². The standard InChI is InChI=1S/C24H33ClFN3/c1-3-19(2)14-22-9-8-21(15-24(22)26)7-5-4-6-20-10-12-27-16-23(25)17-29-18-28-13-11-20/h8-9,15-18,20H,2-7,10-14H2,1H3,(H,28,29)/b23-17+,27-16?. The number of allylic oxidation sites excluding steroid dienone is 2. The maximum Gasteiger partial charge on any atom is 0.126 e. The van der Waals surface area contributed by atoms with Crippen molar-refractivity contribution in [3.63, 3.8) is 0 Å². The molecule has 0 bridgehead atoms. The van der Waals surface area contributed by atoms with E-state index >= 15 is 0 Å². The van der Waals surface area contributed by atoms with Gasteiger partial charge in [-0.3, -0.25) is 9.98 Å². The molecule has 0 amide bonds. The summed E-state index contributed by atoms with van der Waals surface area (Å²) in [5, 5.41) is 3.52. The number of nitrogens with zero attached hydrogens (tertiary/aromatic N) is 2. The van der Waals surface area contributed by atoms with E-state index in [1.54, 1.807) is 24.8 Å². The quantitative estimate of drug-likeness (QED) is 0.395. The van der Waals surface area contributed by atoms with Crippen LogP contribution in [0.5, 0.6) is 0 Å². The minimum absolute atomic E-state index is 0.103. The molecule has 0 spiro atoms. The number of aryl methyl sites for hydroxylation is 1. The highest BCUT2D eigenvalue weighted by molar-refractivity contribution is 6.39. The van der Waals surface area contributed by atoms with Crippen LogP contribution in [0.4, 0.5) is 4.39 Å². The number of hydrogen-bond acceptors (Lipinski definition) is 3. The molecule has 1 atom stereocenters. The molecule has 1 unspecified atom stereocenters. The van der Waals surface area contributed by atoms with Crippen molar-refractivity contribution < 1.29 is 4.39 Å². The molecule has 0 aromatic heterocycles. The van der Waals surface area contributed by atoms with Crippen LogP contribution in [-0.2, 0) is 12.8 Å². The zero-order valence-corrected chi connectivity index (χ0v) is 18.2. The predicted octanol–water partition coefficient (Wildman–Crippen LogP) is 6.23. The molecule has 1 aliphatic rings. The van der Waals surface area contributed by atoms with Gasteiger partial charge >= 0.3 is 0 Å². The van der Waals surface area contributed by atoms with Crippen molar-refractivity contribution in [3.05, 3.63) is 58.5 Å². The molecule has 29 heavy (non-hydrogen) atoms. The second-order valence-electron chi connectivity index (χ2n) is 7.66. The minimum atomic E-state index is -0.103. The Labute approximate surface area is 179 Å². The summed E-state index contributed by atoms with van der Waals surface area (Å²) in [6.45, 7) is 7.63. The summed E-state index contributed by atoms with van der Waals surface area (Å²) in [6.07, 6.45) is 13.0. The first kappa shape index (κ1) is 23.3. The average molecular weight is 418 g/mol.